The predicted molar refractivity (Wildman–Crippen MR) is 99.6 cm³/mol. The topological polar surface area (TPSA) is 71.1 Å². The Hall–Kier alpha value is -2.28. The Morgan fingerprint density at radius 1 is 1.08 bits per heavy atom. The zero-order chi connectivity index (χ0) is 19.2. The van der Waals surface area contributed by atoms with Gasteiger partial charge in [0.2, 0.25) is 0 Å². The number of hydrogen-bond donors (Lipinski definition) is 1. The van der Waals surface area contributed by atoms with Gasteiger partial charge in [-0.3, -0.25) is 4.79 Å². The number of nitrogens with one attached hydrogen (secondary N) is 1. The van der Waals surface area contributed by atoms with Crippen LogP contribution in [0.5, 0.6) is 5.75 Å². The van der Waals surface area contributed by atoms with Crippen LogP contribution in [0.3, 0.4) is 0 Å². The summed E-state index contributed by atoms with van der Waals surface area (Å²) in [5.41, 5.74) is 0.294. The molecule has 0 aliphatic carbocycles. The van der Waals surface area contributed by atoms with Crippen molar-refractivity contribution in [3.8, 4) is 5.75 Å². The number of urea groups is 1. The minimum atomic E-state index is -0.257. The number of amides is 3. The molecule has 1 N–H and O–H groups in total. The summed E-state index contributed by atoms with van der Waals surface area (Å²) in [5, 5.41) is 2.92. The van der Waals surface area contributed by atoms with E-state index in [1.54, 1.807) is 36.2 Å². The third-order valence-electron chi connectivity index (χ3n) is 4.75. The average Bonchev–Trinajstić information content (AvgIpc) is 2.67. The fourth-order valence-electron chi connectivity index (χ4n) is 2.79. The van der Waals surface area contributed by atoms with Gasteiger partial charge in [0.15, 0.2) is 0 Å². The van der Waals surface area contributed by atoms with E-state index in [1.165, 1.54) is 0 Å². The van der Waals surface area contributed by atoms with Gasteiger partial charge in [-0.15, -0.1) is 0 Å². The first-order chi connectivity index (χ1) is 12.4. The van der Waals surface area contributed by atoms with Crippen molar-refractivity contribution in [2.75, 3.05) is 46.9 Å². The van der Waals surface area contributed by atoms with Crippen LogP contribution in [0.2, 0.25) is 0 Å². The standard InChI is InChI=1S/C19H29N3O4/c1-19(2,26-4)9-10-20-18(24)22-13-11-21(12-14-22)17(23)15-7-5-6-8-16(15)25-3/h5-8H,9-14H2,1-4H3,(H,20,24). The fourth-order valence-corrected chi connectivity index (χ4v) is 2.79. The Balaban J connectivity index is 1.83. The van der Waals surface area contributed by atoms with Crippen molar-refractivity contribution in [2.24, 2.45) is 0 Å². The smallest absolute Gasteiger partial charge is 0.317 e. The Bertz CT molecular complexity index is 625. The molecule has 0 unspecified atom stereocenters. The lowest BCUT2D eigenvalue weighted by molar-refractivity contribution is 0.0161. The van der Waals surface area contributed by atoms with Gasteiger partial charge in [-0.1, -0.05) is 12.1 Å². The van der Waals surface area contributed by atoms with Gasteiger partial charge in [-0.25, -0.2) is 4.79 Å². The van der Waals surface area contributed by atoms with Gasteiger partial charge < -0.3 is 24.6 Å². The molecule has 1 aliphatic heterocycles. The molecule has 1 aliphatic rings. The molecule has 26 heavy (non-hydrogen) atoms. The summed E-state index contributed by atoms with van der Waals surface area (Å²) in [4.78, 5) is 28.5. The summed E-state index contributed by atoms with van der Waals surface area (Å²) in [5.74, 6) is 0.503. The lowest BCUT2D eigenvalue weighted by Gasteiger charge is -2.35. The molecule has 1 aromatic carbocycles. The van der Waals surface area contributed by atoms with E-state index in [4.69, 9.17) is 9.47 Å². The van der Waals surface area contributed by atoms with Crippen molar-refractivity contribution in [1.82, 2.24) is 15.1 Å². The van der Waals surface area contributed by atoms with Crippen LogP contribution in [0.25, 0.3) is 0 Å². The van der Waals surface area contributed by atoms with E-state index >= 15 is 0 Å². The quantitative estimate of drug-likeness (QED) is 0.839. The molecule has 0 bridgehead atoms. The number of rotatable bonds is 6. The first-order valence-electron chi connectivity index (χ1n) is 8.88. The fraction of sp³-hybridized carbons (Fsp3) is 0.579. The van der Waals surface area contributed by atoms with E-state index in [2.05, 4.69) is 5.32 Å². The van der Waals surface area contributed by atoms with Gasteiger partial charge in [-0.05, 0) is 32.4 Å². The molecule has 1 saturated heterocycles. The van der Waals surface area contributed by atoms with Crippen molar-refractivity contribution in [3.63, 3.8) is 0 Å². The average molecular weight is 363 g/mol. The zero-order valence-electron chi connectivity index (χ0n) is 16.1. The van der Waals surface area contributed by atoms with Crippen LogP contribution in [0.4, 0.5) is 4.79 Å². The number of carbonyl (C=O) groups is 2. The van der Waals surface area contributed by atoms with Gasteiger partial charge in [0.25, 0.3) is 5.91 Å². The number of piperazine rings is 1. The molecule has 0 radical (unpaired) electrons. The number of carbonyl (C=O) groups excluding carboxylic acids is 2. The van der Waals surface area contributed by atoms with Gasteiger partial charge in [0, 0.05) is 39.8 Å². The SMILES string of the molecule is COc1ccccc1C(=O)N1CCN(C(=O)NCCC(C)(C)OC)CC1. The predicted octanol–water partition coefficient (Wildman–Crippen LogP) is 1.98. The number of ether oxygens (including phenoxy) is 2. The molecule has 144 valence electrons. The minimum Gasteiger partial charge on any atom is -0.496 e. The third kappa shape index (κ3) is 5.11. The van der Waals surface area contributed by atoms with Crippen LogP contribution in [-0.2, 0) is 4.74 Å². The van der Waals surface area contributed by atoms with Crippen LogP contribution in [0, 0.1) is 0 Å². The van der Waals surface area contributed by atoms with E-state index in [9.17, 15) is 9.59 Å². The van der Waals surface area contributed by atoms with Crippen LogP contribution < -0.4 is 10.1 Å². The van der Waals surface area contributed by atoms with Crippen molar-refractivity contribution in [1.29, 1.82) is 0 Å². The summed E-state index contributed by atoms with van der Waals surface area (Å²) in [7, 11) is 3.22. The van der Waals surface area contributed by atoms with E-state index in [0.717, 1.165) is 6.42 Å². The Morgan fingerprint density at radius 2 is 1.69 bits per heavy atom. The van der Waals surface area contributed by atoms with Crippen molar-refractivity contribution in [2.45, 2.75) is 25.9 Å². The molecule has 2 rings (SSSR count). The van der Waals surface area contributed by atoms with Gasteiger partial charge in [0.05, 0.1) is 18.3 Å². The highest BCUT2D eigenvalue weighted by atomic mass is 16.5. The second-order valence-electron chi connectivity index (χ2n) is 6.93. The molecule has 3 amide bonds. The molecule has 1 heterocycles. The number of para-hydroxylation sites is 1. The van der Waals surface area contributed by atoms with Gasteiger partial charge in [0.1, 0.15) is 5.75 Å². The number of methoxy groups -OCH3 is 2. The maximum atomic E-state index is 12.7. The Labute approximate surface area is 155 Å². The highest BCUT2D eigenvalue weighted by molar-refractivity contribution is 5.97. The molecular formula is C19H29N3O4. The van der Waals surface area contributed by atoms with Crippen molar-refractivity contribution >= 4 is 11.9 Å². The van der Waals surface area contributed by atoms with Gasteiger partial charge in [-0.2, -0.15) is 0 Å². The van der Waals surface area contributed by atoms with Crippen LogP contribution in [0.1, 0.15) is 30.6 Å². The summed E-state index contributed by atoms with van der Waals surface area (Å²) in [6.07, 6.45) is 0.738. The van der Waals surface area contributed by atoms with Crippen LogP contribution in [-0.4, -0.2) is 74.3 Å². The normalized spacial score (nSPS) is 14.9. The maximum absolute atomic E-state index is 12.7. The van der Waals surface area contributed by atoms with Crippen molar-refractivity contribution < 1.29 is 19.1 Å². The zero-order valence-corrected chi connectivity index (χ0v) is 16.1. The molecule has 1 aromatic rings. The molecule has 0 aromatic heterocycles. The lowest BCUT2D eigenvalue weighted by Crippen LogP contribution is -2.53. The summed E-state index contributed by atoms with van der Waals surface area (Å²) >= 11 is 0. The minimum absolute atomic E-state index is 0.0654. The van der Waals surface area contributed by atoms with Gasteiger partial charge >= 0.3 is 6.03 Å². The van der Waals surface area contributed by atoms with Crippen molar-refractivity contribution in [3.05, 3.63) is 29.8 Å². The molecule has 0 spiro atoms. The largest absolute Gasteiger partial charge is 0.496 e. The number of hydrogen-bond acceptors (Lipinski definition) is 4. The maximum Gasteiger partial charge on any atom is 0.317 e. The molecular weight excluding hydrogens is 334 g/mol. The molecule has 1 fully saturated rings. The molecule has 0 atom stereocenters. The second kappa shape index (κ2) is 8.89. The Morgan fingerprint density at radius 3 is 2.31 bits per heavy atom. The van der Waals surface area contributed by atoms with E-state index in [0.29, 0.717) is 44.0 Å². The van der Waals surface area contributed by atoms with E-state index in [-0.39, 0.29) is 17.5 Å². The highest BCUT2D eigenvalue weighted by Crippen LogP contribution is 2.20. The summed E-state index contributed by atoms with van der Waals surface area (Å²) in [6, 6.07) is 7.10. The monoisotopic (exact) mass is 363 g/mol. The first-order valence-corrected chi connectivity index (χ1v) is 8.88. The Kier molecular flexibility index (Phi) is 6.85. The summed E-state index contributed by atoms with van der Waals surface area (Å²) < 4.78 is 10.6. The molecule has 7 heteroatoms. The number of nitrogens with zero attached hydrogens (tertiary/aromatic N) is 2. The first kappa shape index (κ1) is 20.0. The van der Waals surface area contributed by atoms with E-state index in [1.807, 2.05) is 26.0 Å². The highest BCUT2D eigenvalue weighted by Gasteiger charge is 2.26. The summed E-state index contributed by atoms with van der Waals surface area (Å²) in [6.45, 7) is 6.57. The van der Waals surface area contributed by atoms with Crippen LogP contribution >= 0.6 is 0 Å². The second-order valence-corrected chi connectivity index (χ2v) is 6.93. The van der Waals surface area contributed by atoms with Crippen LogP contribution in [0.15, 0.2) is 24.3 Å². The molecule has 0 saturated carbocycles. The molecule has 7 nitrogen and oxygen atoms in total. The number of benzene rings is 1. The third-order valence-corrected chi connectivity index (χ3v) is 4.75. The lowest BCUT2D eigenvalue weighted by atomic mass is 10.1. The van der Waals surface area contributed by atoms with E-state index < -0.39 is 0 Å².